The van der Waals surface area contributed by atoms with Crippen molar-refractivity contribution in [2.45, 2.75) is 25.7 Å². The molecule has 22 heavy (non-hydrogen) atoms. The number of rotatable bonds is 6. The molecular weight excluding hydrogens is 280 g/mol. The van der Waals surface area contributed by atoms with Crippen LogP contribution in [-0.2, 0) is 9.59 Å². The third-order valence-electron chi connectivity index (χ3n) is 3.61. The Labute approximate surface area is 128 Å². The van der Waals surface area contributed by atoms with Gasteiger partial charge in [-0.3, -0.25) is 9.59 Å². The van der Waals surface area contributed by atoms with Crippen LogP contribution in [0.1, 0.15) is 36.8 Å². The summed E-state index contributed by atoms with van der Waals surface area (Å²) < 4.78 is 0. The zero-order valence-corrected chi connectivity index (χ0v) is 12.2. The van der Waals surface area contributed by atoms with Crippen LogP contribution >= 0.6 is 0 Å². The molecule has 3 rings (SSSR count). The van der Waals surface area contributed by atoms with Gasteiger partial charge in [0.1, 0.15) is 0 Å². The van der Waals surface area contributed by atoms with Crippen LogP contribution in [0.25, 0.3) is 0 Å². The van der Waals surface area contributed by atoms with E-state index in [1.165, 1.54) is 0 Å². The smallest absolute Gasteiger partial charge is 0.243 e. The fraction of sp³-hybridized carbons (Fsp3) is 0.375. The molecule has 2 amide bonds. The van der Waals surface area contributed by atoms with Crippen molar-refractivity contribution >= 4 is 24.2 Å². The van der Waals surface area contributed by atoms with E-state index in [-0.39, 0.29) is 23.7 Å². The van der Waals surface area contributed by atoms with Gasteiger partial charge in [0.2, 0.25) is 11.8 Å². The number of nitrogens with one attached hydrogen (secondary N) is 2. The zero-order chi connectivity index (χ0) is 15.4. The second-order valence-electron chi connectivity index (χ2n) is 5.68. The van der Waals surface area contributed by atoms with Crippen LogP contribution in [-0.4, -0.2) is 24.2 Å². The highest BCUT2D eigenvalue weighted by atomic mass is 16.2. The van der Waals surface area contributed by atoms with Gasteiger partial charge in [0.15, 0.2) is 0 Å². The van der Waals surface area contributed by atoms with E-state index in [1.54, 1.807) is 12.4 Å². The highest BCUT2D eigenvalue weighted by molar-refractivity contribution is 5.87. The van der Waals surface area contributed by atoms with Crippen LogP contribution in [0.3, 0.4) is 0 Å². The lowest BCUT2D eigenvalue weighted by Crippen LogP contribution is -2.19. The van der Waals surface area contributed by atoms with Crippen LogP contribution in [0.5, 0.6) is 0 Å². The highest BCUT2D eigenvalue weighted by Crippen LogP contribution is 2.29. The molecule has 0 radical (unpaired) electrons. The van der Waals surface area contributed by atoms with Gasteiger partial charge in [-0.25, -0.2) is 10.9 Å². The second-order valence-corrected chi connectivity index (χ2v) is 5.68. The summed E-state index contributed by atoms with van der Waals surface area (Å²) in [5, 5.41) is 7.86. The number of amides is 2. The summed E-state index contributed by atoms with van der Waals surface area (Å²) in [5.41, 5.74) is 6.82. The average Bonchev–Trinajstić information content (AvgIpc) is 3.41. The van der Waals surface area contributed by atoms with Crippen molar-refractivity contribution in [3.8, 4) is 0 Å². The molecule has 0 atom stereocenters. The molecule has 0 unspecified atom stereocenters. The van der Waals surface area contributed by atoms with Crippen molar-refractivity contribution in [2.75, 3.05) is 0 Å². The van der Waals surface area contributed by atoms with Gasteiger partial charge in [0.25, 0.3) is 0 Å². The monoisotopic (exact) mass is 298 g/mol. The molecular formula is C16H18N4O2. The van der Waals surface area contributed by atoms with Gasteiger partial charge < -0.3 is 0 Å². The fourth-order valence-electron chi connectivity index (χ4n) is 1.88. The van der Waals surface area contributed by atoms with Gasteiger partial charge in [-0.2, -0.15) is 10.2 Å². The number of carbonyl (C=O) groups excluding carboxylic acids is 2. The van der Waals surface area contributed by atoms with Crippen LogP contribution in [0.15, 0.2) is 34.5 Å². The average molecular weight is 298 g/mol. The predicted molar refractivity (Wildman–Crippen MR) is 83.4 cm³/mol. The van der Waals surface area contributed by atoms with E-state index in [1.807, 2.05) is 24.3 Å². The van der Waals surface area contributed by atoms with Crippen molar-refractivity contribution in [1.82, 2.24) is 10.9 Å². The number of hydrogen-bond donors (Lipinski definition) is 2. The molecule has 0 saturated heterocycles. The molecule has 1 aromatic carbocycles. The number of hydrogen-bond acceptors (Lipinski definition) is 4. The lowest BCUT2D eigenvalue weighted by Gasteiger charge is -1.98. The summed E-state index contributed by atoms with van der Waals surface area (Å²) >= 11 is 0. The Kier molecular flexibility index (Phi) is 4.27. The molecule has 2 fully saturated rings. The molecule has 6 nitrogen and oxygen atoms in total. The zero-order valence-electron chi connectivity index (χ0n) is 12.2. The molecule has 2 N–H and O–H groups in total. The summed E-state index contributed by atoms with van der Waals surface area (Å²) in [5.74, 6) is 0.293. The Morgan fingerprint density at radius 2 is 1.18 bits per heavy atom. The van der Waals surface area contributed by atoms with Gasteiger partial charge in [0.05, 0.1) is 12.4 Å². The number of nitrogens with zero attached hydrogens (tertiary/aromatic N) is 2. The number of carbonyl (C=O) groups is 2. The van der Waals surface area contributed by atoms with Gasteiger partial charge in [0, 0.05) is 11.8 Å². The molecule has 6 heteroatoms. The van der Waals surface area contributed by atoms with E-state index in [0.717, 1.165) is 36.8 Å². The van der Waals surface area contributed by atoms with E-state index in [2.05, 4.69) is 21.1 Å². The minimum absolute atomic E-state index is 0.00796. The molecule has 2 saturated carbocycles. The van der Waals surface area contributed by atoms with E-state index >= 15 is 0 Å². The second kappa shape index (κ2) is 6.51. The standard InChI is InChI=1S/C16H18N4O2/c21-15(13-5-6-13)19-17-9-11-1-2-12(4-3-11)10-18-20-16(22)14-7-8-14/h1-4,9-10,13-14H,5-8H2,(H,19,21)(H,20,22)/b17-9-,18-10-. The summed E-state index contributed by atoms with van der Waals surface area (Å²) in [4.78, 5) is 22.8. The van der Waals surface area contributed by atoms with E-state index in [0.29, 0.717) is 0 Å². The maximum Gasteiger partial charge on any atom is 0.243 e. The van der Waals surface area contributed by atoms with Crippen molar-refractivity contribution in [3.05, 3.63) is 35.4 Å². The lowest BCUT2D eigenvalue weighted by molar-refractivity contribution is -0.123. The summed E-state index contributed by atoms with van der Waals surface area (Å²) in [6.07, 6.45) is 7.07. The first kappa shape index (κ1) is 14.4. The maximum atomic E-state index is 11.4. The quantitative estimate of drug-likeness (QED) is 0.615. The van der Waals surface area contributed by atoms with Crippen LogP contribution in [0.2, 0.25) is 0 Å². The molecule has 1 aromatic rings. The molecule has 114 valence electrons. The minimum atomic E-state index is -0.00796. The lowest BCUT2D eigenvalue weighted by atomic mass is 10.2. The summed E-state index contributed by atoms with van der Waals surface area (Å²) in [6.45, 7) is 0. The summed E-state index contributed by atoms with van der Waals surface area (Å²) in [7, 11) is 0. The molecule has 0 spiro atoms. The van der Waals surface area contributed by atoms with Gasteiger partial charge >= 0.3 is 0 Å². The Morgan fingerprint density at radius 3 is 1.50 bits per heavy atom. The molecule has 0 aromatic heterocycles. The van der Waals surface area contributed by atoms with E-state index in [9.17, 15) is 9.59 Å². The van der Waals surface area contributed by atoms with Crippen molar-refractivity contribution in [1.29, 1.82) is 0 Å². The van der Waals surface area contributed by atoms with Crippen molar-refractivity contribution < 1.29 is 9.59 Å². The number of hydrazone groups is 2. The number of benzene rings is 1. The van der Waals surface area contributed by atoms with Gasteiger partial charge in [-0.15, -0.1) is 0 Å². The Hall–Kier alpha value is -2.50. The van der Waals surface area contributed by atoms with Gasteiger partial charge in [-0.05, 0) is 36.8 Å². The maximum absolute atomic E-state index is 11.4. The largest absolute Gasteiger partial charge is 0.273 e. The SMILES string of the molecule is O=C(N/N=C\c1ccc(/C=N\NC(=O)C2CC2)cc1)C1CC1. The van der Waals surface area contributed by atoms with E-state index in [4.69, 9.17) is 0 Å². The third kappa shape index (κ3) is 4.25. The van der Waals surface area contributed by atoms with Crippen LogP contribution in [0.4, 0.5) is 0 Å². The highest BCUT2D eigenvalue weighted by Gasteiger charge is 2.29. The van der Waals surface area contributed by atoms with Gasteiger partial charge in [-0.1, -0.05) is 24.3 Å². The van der Waals surface area contributed by atoms with Crippen LogP contribution < -0.4 is 10.9 Å². The minimum Gasteiger partial charge on any atom is -0.273 e. The Balaban J connectivity index is 1.46. The molecule has 0 heterocycles. The fourth-order valence-corrected chi connectivity index (χ4v) is 1.88. The molecule has 2 aliphatic rings. The van der Waals surface area contributed by atoms with Crippen LogP contribution in [0, 0.1) is 11.8 Å². The van der Waals surface area contributed by atoms with Crippen molar-refractivity contribution in [2.24, 2.45) is 22.0 Å². The molecule has 0 aliphatic heterocycles. The molecule has 2 aliphatic carbocycles. The first-order chi connectivity index (χ1) is 10.7. The topological polar surface area (TPSA) is 82.9 Å². The first-order valence-corrected chi connectivity index (χ1v) is 7.48. The summed E-state index contributed by atoms with van der Waals surface area (Å²) in [6, 6.07) is 7.49. The Bertz CT molecular complexity index is 559. The first-order valence-electron chi connectivity index (χ1n) is 7.48. The molecule has 0 bridgehead atoms. The van der Waals surface area contributed by atoms with E-state index < -0.39 is 0 Å². The third-order valence-corrected chi connectivity index (χ3v) is 3.61. The predicted octanol–water partition coefficient (Wildman–Crippen LogP) is 1.41. The Morgan fingerprint density at radius 1 is 0.818 bits per heavy atom. The normalized spacial score (nSPS) is 17.8. The van der Waals surface area contributed by atoms with Crippen molar-refractivity contribution in [3.63, 3.8) is 0 Å².